The van der Waals surface area contributed by atoms with E-state index in [9.17, 15) is 22.8 Å². The summed E-state index contributed by atoms with van der Waals surface area (Å²) in [6.45, 7) is -0.822. The number of rotatable bonds is 6. The van der Waals surface area contributed by atoms with Crippen molar-refractivity contribution in [2.75, 3.05) is 0 Å². The molecule has 3 rings (SSSR count). The van der Waals surface area contributed by atoms with Gasteiger partial charge < -0.3 is 14.0 Å². The van der Waals surface area contributed by atoms with Crippen LogP contribution >= 0.6 is 0 Å². The summed E-state index contributed by atoms with van der Waals surface area (Å²) in [6, 6.07) is 11.6. The largest absolute Gasteiger partial charge is 0.459 e. The van der Waals surface area contributed by atoms with E-state index < -0.39 is 29.8 Å². The maximum Gasteiger partial charge on any atom is 0.417 e. The standard InChI is InChI=1S/C20H15F3N2O4/c21-20(22,23)15-7-8-18(26)25(11-15)12-19(27)28-13-14-4-1-2-6-17(14)29-16-5-3-9-24-10-16/h1-11H,12-13H2. The molecule has 29 heavy (non-hydrogen) atoms. The van der Waals surface area contributed by atoms with Crippen LogP contribution in [-0.2, 0) is 28.9 Å². The highest BCUT2D eigenvalue weighted by Gasteiger charge is 2.31. The highest BCUT2D eigenvalue weighted by atomic mass is 19.4. The van der Waals surface area contributed by atoms with Gasteiger partial charge in [-0.05, 0) is 24.3 Å². The first-order chi connectivity index (χ1) is 13.8. The molecule has 0 spiro atoms. The summed E-state index contributed by atoms with van der Waals surface area (Å²) in [5, 5.41) is 0. The lowest BCUT2D eigenvalue weighted by molar-refractivity contribution is -0.146. The minimum atomic E-state index is -4.62. The van der Waals surface area contributed by atoms with E-state index in [4.69, 9.17) is 9.47 Å². The molecule has 3 aromatic rings. The first-order valence-electron chi connectivity index (χ1n) is 8.42. The molecule has 6 nitrogen and oxygen atoms in total. The predicted molar refractivity (Wildman–Crippen MR) is 96.3 cm³/mol. The number of ether oxygens (including phenoxy) is 2. The number of benzene rings is 1. The quantitative estimate of drug-likeness (QED) is 0.585. The van der Waals surface area contributed by atoms with Crippen LogP contribution in [0.1, 0.15) is 11.1 Å². The average molecular weight is 404 g/mol. The molecule has 1 aromatic carbocycles. The maximum atomic E-state index is 12.8. The van der Waals surface area contributed by atoms with Crippen LogP contribution in [0.4, 0.5) is 13.2 Å². The lowest BCUT2D eigenvalue weighted by Crippen LogP contribution is -2.26. The molecule has 0 fully saturated rings. The minimum Gasteiger partial charge on any atom is -0.459 e. The number of esters is 1. The SMILES string of the molecule is O=C(Cn1cc(C(F)(F)F)ccc1=O)OCc1ccccc1Oc1cccnc1. The van der Waals surface area contributed by atoms with Crippen molar-refractivity contribution < 1.29 is 27.4 Å². The van der Waals surface area contributed by atoms with E-state index in [0.29, 0.717) is 33.9 Å². The fraction of sp³-hybridized carbons (Fsp3) is 0.150. The van der Waals surface area contributed by atoms with Gasteiger partial charge in [0.2, 0.25) is 0 Å². The lowest BCUT2D eigenvalue weighted by atomic mass is 10.2. The number of hydrogen-bond acceptors (Lipinski definition) is 5. The number of pyridine rings is 2. The van der Waals surface area contributed by atoms with E-state index in [1.807, 2.05) is 0 Å². The Balaban J connectivity index is 1.67. The van der Waals surface area contributed by atoms with Crippen molar-refractivity contribution in [2.24, 2.45) is 0 Å². The van der Waals surface area contributed by atoms with Crippen molar-refractivity contribution in [1.82, 2.24) is 9.55 Å². The van der Waals surface area contributed by atoms with Crippen LogP contribution in [0, 0.1) is 0 Å². The van der Waals surface area contributed by atoms with Crippen LogP contribution in [-0.4, -0.2) is 15.5 Å². The molecule has 2 aromatic heterocycles. The first kappa shape index (κ1) is 20.1. The molecule has 0 saturated heterocycles. The third kappa shape index (κ3) is 5.44. The number of para-hydroxylation sites is 1. The number of hydrogen-bond donors (Lipinski definition) is 0. The van der Waals surface area contributed by atoms with Crippen LogP contribution in [0.3, 0.4) is 0 Å². The van der Waals surface area contributed by atoms with Gasteiger partial charge in [-0.15, -0.1) is 0 Å². The molecule has 0 unspecified atom stereocenters. The number of nitrogens with zero attached hydrogens (tertiary/aromatic N) is 2. The molecule has 0 atom stereocenters. The van der Waals surface area contributed by atoms with Gasteiger partial charge in [0.05, 0.1) is 11.8 Å². The van der Waals surface area contributed by atoms with Crippen LogP contribution in [0.25, 0.3) is 0 Å². The summed E-state index contributed by atoms with van der Waals surface area (Å²) in [5.41, 5.74) is -1.23. The smallest absolute Gasteiger partial charge is 0.417 e. The maximum absolute atomic E-state index is 12.8. The Morgan fingerprint density at radius 2 is 1.86 bits per heavy atom. The number of carbonyl (C=O) groups excluding carboxylic acids is 1. The van der Waals surface area contributed by atoms with Crippen molar-refractivity contribution in [2.45, 2.75) is 19.3 Å². The molecule has 0 N–H and O–H groups in total. The van der Waals surface area contributed by atoms with Crippen molar-refractivity contribution in [3.8, 4) is 11.5 Å². The zero-order valence-corrected chi connectivity index (χ0v) is 14.9. The van der Waals surface area contributed by atoms with Crippen LogP contribution in [0.2, 0.25) is 0 Å². The van der Waals surface area contributed by atoms with Crippen LogP contribution in [0.5, 0.6) is 11.5 Å². The Kier molecular flexibility index (Phi) is 5.96. The number of alkyl halides is 3. The van der Waals surface area contributed by atoms with Crippen molar-refractivity contribution in [3.05, 3.63) is 88.6 Å². The van der Waals surface area contributed by atoms with Gasteiger partial charge in [-0.1, -0.05) is 18.2 Å². The van der Waals surface area contributed by atoms with Gasteiger partial charge in [0.25, 0.3) is 5.56 Å². The van der Waals surface area contributed by atoms with E-state index in [1.54, 1.807) is 42.6 Å². The molecule has 0 bridgehead atoms. The van der Waals surface area contributed by atoms with Gasteiger partial charge in [0.15, 0.2) is 0 Å². The highest BCUT2D eigenvalue weighted by molar-refractivity contribution is 5.69. The summed E-state index contributed by atoms with van der Waals surface area (Å²) < 4.78 is 49.8. The Morgan fingerprint density at radius 3 is 2.59 bits per heavy atom. The first-order valence-corrected chi connectivity index (χ1v) is 8.42. The van der Waals surface area contributed by atoms with Crippen LogP contribution in [0.15, 0.2) is 71.9 Å². The minimum absolute atomic E-state index is 0.178. The Hall–Kier alpha value is -3.62. The normalized spacial score (nSPS) is 11.1. The van der Waals surface area contributed by atoms with Crippen molar-refractivity contribution in [3.63, 3.8) is 0 Å². The zero-order chi connectivity index (χ0) is 20.9. The second kappa shape index (κ2) is 8.59. The van der Waals surface area contributed by atoms with E-state index in [1.165, 1.54) is 6.20 Å². The third-order valence-corrected chi connectivity index (χ3v) is 3.83. The fourth-order valence-corrected chi connectivity index (χ4v) is 2.42. The molecule has 0 radical (unpaired) electrons. The second-order valence-corrected chi connectivity index (χ2v) is 5.94. The zero-order valence-electron chi connectivity index (χ0n) is 14.9. The number of aromatic nitrogens is 2. The van der Waals surface area contributed by atoms with E-state index in [2.05, 4.69) is 4.98 Å². The van der Waals surface area contributed by atoms with Crippen molar-refractivity contribution >= 4 is 5.97 Å². The molecular formula is C20H15F3N2O4. The van der Waals surface area contributed by atoms with Gasteiger partial charge >= 0.3 is 12.1 Å². The Labute approximate surface area is 163 Å². The van der Waals surface area contributed by atoms with Crippen LogP contribution < -0.4 is 10.3 Å². The molecule has 0 aliphatic heterocycles. The molecule has 0 aliphatic carbocycles. The summed E-state index contributed by atoms with van der Waals surface area (Å²) in [5.74, 6) is 0.0638. The van der Waals surface area contributed by atoms with Crippen molar-refractivity contribution in [1.29, 1.82) is 0 Å². The van der Waals surface area contributed by atoms with E-state index >= 15 is 0 Å². The molecule has 9 heteroatoms. The Bertz CT molecular complexity index is 1050. The summed E-state index contributed by atoms with van der Waals surface area (Å²) in [4.78, 5) is 27.7. The van der Waals surface area contributed by atoms with Gasteiger partial charge in [0.1, 0.15) is 24.7 Å². The van der Waals surface area contributed by atoms with E-state index in [-0.39, 0.29) is 6.61 Å². The lowest BCUT2D eigenvalue weighted by Gasteiger charge is -2.12. The summed E-state index contributed by atoms with van der Waals surface area (Å²) in [7, 11) is 0. The topological polar surface area (TPSA) is 70.4 Å². The fourth-order valence-electron chi connectivity index (χ4n) is 2.42. The van der Waals surface area contributed by atoms with Gasteiger partial charge in [-0.3, -0.25) is 14.6 Å². The van der Waals surface area contributed by atoms with E-state index in [0.717, 1.165) is 6.07 Å². The summed E-state index contributed by atoms with van der Waals surface area (Å²) >= 11 is 0. The molecule has 0 amide bonds. The van der Waals surface area contributed by atoms with Gasteiger partial charge in [-0.25, -0.2) is 0 Å². The number of carbonyl (C=O) groups is 1. The third-order valence-electron chi connectivity index (χ3n) is 3.83. The Morgan fingerprint density at radius 1 is 1.07 bits per heavy atom. The monoisotopic (exact) mass is 404 g/mol. The van der Waals surface area contributed by atoms with Gasteiger partial charge in [-0.2, -0.15) is 13.2 Å². The molecule has 0 aliphatic rings. The average Bonchev–Trinajstić information content (AvgIpc) is 2.69. The molecule has 2 heterocycles. The predicted octanol–water partition coefficient (Wildman–Crippen LogP) is 3.80. The second-order valence-electron chi connectivity index (χ2n) is 5.94. The summed E-state index contributed by atoms with van der Waals surface area (Å²) in [6.07, 6.45) is -0.926. The van der Waals surface area contributed by atoms with Gasteiger partial charge in [0, 0.05) is 24.0 Å². The highest BCUT2D eigenvalue weighted by Crippen LogP contribution is 2.28. The number of halogens is 3. The molecule has 0 saturated carbocycles. The molecular weight excluding hydrogens is 389 g/mol. The molecule has 150 valence electrons.